The Labute approximate surface area is 225 Å². The van der Waals surface area contributed by atoms with E-state index in [-0.39, 0.29) is 12.4 Å². The minimum Gasteiger partial charge on any atom is -0.493 e. The van der Waals surface area contributed by atoms with Gasteiger partial charge >= 0.3 is 0 Å². The van der Waals surface area contributed by atoms with E-state index in [1.54, 1.807) is 19.2 Å². The van der Waals surface area contributed by atoms with Crippen LogP contribution in [0.15, 0.2) is 83.5 Å². The lowest BCUT2D eigenvalue weighted by atomic mass is 10.1. The molecule has 0 bridgehead atoms. The largest absolute Gasteiger partial charge is 0.493 e. The van der Waals surface area contributed by atoms with Crippen molar-refractivity contribution in [2.24, 2.45) is 0 Å². The van der Waals surface area contributed by atoms with Crippen molar-refractivity contribution in [1.82, 2.24) is 15.3 Å². The van der Waals surface area contributed by atoms with Crippen LogP contribution in [0.25, 0.3) is 22.2 Å². The summed E-state index contributed by atoms with van der Waals surface area (Å²) in [7, 11) is 1.58. The molecule has 0 aliphatic carbocycles. The predicted octanol–water partition coefficient (Wildman–Crippen LogP) is 6.38. The number of rotatable bonds is 11. The van der Waals surface area contributed by atoms with Crippen molar-refractivity contribution in [2.75, 3.05) is 24.7 Å². The Kier molecular flexibility index (Phi) is 8.06. The zero-order valence-corrected chi connectivity index (χ0v) is 21.7. The van der Waals surface area contributed by atoms with Crippen molar-refractivity contribution in [1.29, 1.82) is 0 Å². The molecule has 0 aliphatic heterocycles. The zero-order valence-electron chi connectivity index (χ0n) is 20.8. The van der Waals surface area contributed by atoms with Gasteiger partial charge in [-0.05, 0) is 60.2 Å². The predicted molar refractivity (Wildman–Crippen MR) is 150 cm³/mol. The third-order valence-electron chi connectivity index (χ3n) is 5.88. The molecule has 9 heteroatoms. The molecule has 194 valence electrons. The Bertz CT molecular complexity index is 1540. The number of hydrogen-bond acceptors (Lipinski definition) is 8. The zero-order chi connectivity index (χ0) is 26.3. The summed E-state index contributed by atoms with van der Waals surface area (Å²) in [5.74, 6) is 3.84. The molecule has 2 aromatic heterocycles. The van der Waals surface area contributed by atoms with E-state index < -0.39 is 0 Å². The molecule has 0 amide bonds. The number of fused-ring (bicyclic) bond motifs is 1. The number of ether oxygens (including phenoxy) is 2. The van der Waals surface area contributed by atoms with Gasteiger partial charge in [-0.1, -0.05) is 12.1 Å². The minimum absolute atomic E-state index is 0.222. The molecule has 0 radical (unpaired) electrons. The summed E-state index contributed by atoms with van der Waals surface area (Å²) in [6.07, 6.45) is 1.52. The molecule has 0 saturated heterocycles. The van der Waals surface area contributed by atoms with Gasteiger partial charge in [0.05, 0.1) is 19.2 Å². The third-order valence-corrected chi connectivity index (χ3v) is 6.10. The van der Waals surface area contributed by atoms with Crippen molar-refractivity contribution in [3.63, 3.8) is 0 Å². The van der Waals surface area contributed by atoms with Gasteiger partial charge in [0.2, 0.25) is 0 Å². The van der Waals surface area contributed by atoms with E-state index in [1.165, 1.54) is 18.5 Å². The second kappa shape index (κ2) is 12.0. The Hall–Kier alpha value is -4.08. The quantitative estimate of drug-likeness (QED) is 0.135. The second-order valence-electron chi connectivity index (χ2n) is 8.53. The van der Waals surface area contributed by atoms with Crippen LogP contribution in [0.5, 0.6) is 11.5 Å². The van der Waals surface area contributed by atoms with Crippen LogP contribution in [0, 0.1) is 5.82 Å². The molecule has 5 aromatic rings. The van der Waals surface area contributed by atoms with Gasteiger partial charge in [0.25, 0.3) is 0 Å². The highest BCUT2D eigenvalue weighted by molar-refractivity contribution is 7.80. The summed E-state index contributed by atoms with van der Waals surface area (Å²) in [6.45, 7) is 1.68. The highest BCUT2D eigenvalue weighted by Crippen LogP contribution is 2.34. The fourth-order valence-corrected chi connectivity index (χ4v) is 4.18. The SMILES string of the molecule is COc1cc(Nc2ncnc3ccc(-c4ccc(CNCCS)o4)cc23)ccc1OCc1cccc(F)c1. The van der Waals surface area contributed by atoms with Crippen LogP contribution in [-0.4, -0.2) is 29.4 Å². The Morgan fingerprint density at radius 1 is 0.974 bits per heavy atom. The monoisotopic (exact) mass is 530 g/mol. The number of anilines is 2. The first-order chi connectivity index (χ1) is 18.6. The normalized spacial score (nSPS) is 11.0. The van der Waals surface area contributed by atoms with E-state index in [9.17, 15) is 4.39 Å². The molecule has 5 rings (SSSR count). The first kappa shape index (κ1) is 25.6. The third kappa shape index (κ3) is 6.07. The number of methoxy groups -OCH3 is 1. The molecule has 0 aliphatic rings. The van der Waals surface area contributed by atoms with Gasteiger partial charge < -0.3 is 24.5 Å². The molecule has 38 heavy (non-hydrogen) atoms. The Balaban J connectivity index is 1.36. The summed E-state index contributed by atoms with van der Waals surface area (Å²) < 4.78 is 30.9. The van der Waals surface area contributed by atoms with E-state index in [0.717, 1.165) is 51.5 Å². The van der Waals surface area contributed by atoms with Crippen LogP contribution in [0.3, 0.4) is 0 Å². The van der Waals surface area contributed by atoms with Gasteiger partial charge in [0.15, 0.2) is 11.5 Å². The average Bonchev–Trinajstić information content (AvgIpc) is 3.41. The number of halogens is 1. The lowest BCUT2D eigenvalue weighted by Crippen LogP contribution is -2.15. The molecule has 3 aromatic carbocycles. The lowest BCUT2D eigenvalue weighted by Gasteiger charge is -2.14. The Morgan fingerprint density at radius 2 is 1.89 bits per heavy atom. The van der Waals surface area contributed by atoms with Crippen LogP contribution < -0.4 is 20.1 Å². The molecular weight excluding hydrogens is 503 g/mol. The molecule has 0 unspecified atom stereocenters. The van der Waals surface area contributed by atoms with Crippen molar-refractivity contribution in [2.45, 2.75) is 13.2 Å². The average molecular weight is 531 g/mol. The highest BCUT2D eigenvalue weighted by Gasteiger charge is 2.12. The molecule has 0 fully saturated rings. The van der Waals surface area contributed by atoms with Crippen LogP contribution in [0.1, 0.15) is 11.3 Å². The first-order valence-corrected chi connectivity index (χ1v) is 12.7. The fraction of sp³-hybridized carbons (Fsp3) is 0.172. The van der Waals surface area contributed by atoms with Gasteiger partial charge in [-0.2, -0.15) is 12.6 Å². The van der Waals surface area contributed by atoms with E-state index in [2.05, 4.69) is 33.2 Å². The number of thiol groups is 1. The topological polar surface area (TPSA) is 81.4 Å². The van der Waals surface area contributed by atoms with Crippen LogP contribution in [0.4, 0.5) is 15.9 Å². The molecular formula is C29H27FN4O3S. The smallest absolute Gasteiger partial charge is 0.162 e. The molecule has 0 saturated carbocycles. The van der Waals surface area contributed by atoms with Gasteiger partial charge in [0, 0.05) is 35.0 Å². The van der Waals surface area contributed by atoms with Crippen molar-refractivity contribution >= 4 is 35.0 Å². The van der Waals surface area contributed by atoms with Crippen LogP contribution in [0.2, 0.25) is 0 Å². The first-order valence-electron chi connectivity index (χ1n) is 12.1. The number of hydrogen-bond donors (Lipinski definition) is 3. The number of benzene rings is 3. The van der Waals surface area contributed by atoms with E-state index in [1.807, 2.05) is 48.5 Å². The summed E-state index contributed by atoms with van der Waals surface area (Å²) in [6, 6.07) is 21.7. The van der Waals surface area contributed by atoms with Crippen molar-refractivity contribution in [3.05, 3.63) is 96.3 Å². The number of nitrogens with zero attached hydrogens (tertiary/aromatic N) is 2. The van der Waals surface area contributed by atoms with Crippen LogP contribution >= 0.6 is 12.6 Å². The number of furan rings is 1. The number of aromatic nitrogens is 2. The van der Waals surface area contributed by atoms with Gasteiger partial charge in [0.1, 0.15) is 36.1 Å². The maximum absolute atomic E-state index is 13.5. The maximum atomic E-state index is 13.5. The highest BCUT2D eigenvalue weighted by atomic mass is 32.1. The minimum atomic E-state index is -0.299. The molecule has 2 heterocycles. The van der Waals surface area contributed by atoms with Gasteiger partial charge in [-0.25, -0.2) is 14.4 Å². The van der Waals surface area contributed by atoms with Gasteiger partial charge in [-0.15, -0.1) is 0 Å². The van der Waals surface area contributed by atoms with Crippen LogP contribution in [-0.2, 0) is 13.2 Å². The molecule has 2 N–H and O–H groups in total. The Morgan fingerprint density at radius 3 is 2.74 bits per heavy atom. The second-order valence-corrected chi connectivity index (χ2v) is 8.98. The van der Waals surface area contributed by atoms with Crippen molar-refractivity contribution in [3.8, 4) is 22.8 Å². The standard InChI is InChI=1S/C29H27FN4O3S/c1-35-28-15-22(6-9-27(28)36-17-19-3-2-4-21(30)13-19)34-29-24-14-20(5-8-25(24)32-18-33-29)26-10-7-23(37-26)16-31-11-12-38/h2-10,13-15,18,31,38H,11-12,16-17H2,1H3,(H,32,33,34). The summed E-state index contributed by atoms with van der Waals surface area (Å²) >= 11 is 4.22. The lowest BCUT2D eigenvalue weighted by molar-refractivity contribution is 0.284. The summed E-state index contributed by atoms with van der Waals surface area (Å²) in [5.41, 5.74) is 3.22. The fourth-order valence-electron chi connectivity index (χ4n) is 4.02. The van der Waals surface area contributed by atoms with Crippen molar-refractivity contribution < 1.29 is 18.3 Å². The maximum Gasteiger partial charge on any atom is 0.162 e. The summed E-state index contributed by atoms with van der Waals surface area (Å²) in [5, 5.41) is 7.49. The van der Waals surface area contributed by atoms with E-state index in [4.69, 9.17) is 13.9 Å². The summed E-state index contributed by atoms with van der Waals surface area (Å²) in [4.78, 5) is 8.89. The molecule has 7 nitrogen and oxygen atoms in total. The van der Waals surface area contributed by atoms with E-state index >= 15 is 0 Å². The van der Waals surface area contributed by atoms with Gasteiger partial charge in [-0.3, -0.25) is 0 Å². The molecule has 0 atom stereocenters. The van der Waals surface area contributed by atoms with E-state index in [0.29, 0.717) is 23.9 Å². The number of nitrogens with one attached hydrogen (secondary N) is 2. The molecule has 0 spiro atoms.